The Morgan fingerprint density at radius 2 is 2.18 bits per heavy atom. The lowest BCUT2D eigenvalue weighted by Crippen LogP contribution is -2.60. The number of anilines is 1. The number of aromatic nitrogens is 4. The summed E-state index contributed by atoms with van der Waals surface area (Å²) in [5.41, 5.74) is 3.14. The average molecular weight is 374 g/mol. The maximum absolute atomic E-state index is 12.3. The third kappa shape index (κ3) is 2.07. The third-order valence-corrected chi connectivity index (χ3v) is 6.62. The van der Waals surface area contributed by atoms with E-state index >= 15 is 0 Å². The Morgan fingerprint density at radius 3 is 3.00 bits per heavy atom. The van der Waals surface area contributed by atoms with Gasteiger partial charge in [0, 0.05) is 61.2 Å². The summed E-state index contributed by atoms with van der Waals surface area (Å²) in [5.74, 6) is 0.467. The maximum Gasteiger partial charge on any atom is 0.229 e. The minimum atomic E-state index is -0.206. The van der Waals surface area contributed by atoms with Crippen LogP contribution in [0.25, 0.3) is 23.2 Å². The van der Waals surface area contributed by atoms with Gasteiger partial charge in [0.2, 0.25) is 5.91 Å². The second kappa shape index (κ2) is 5.47. The van der Waals surface area contributed by atoms with Crippen LogP contribution < -0.4 is 20.8 Å². The van der Waals surface area contributed by atoms with Crippen LogP contribution in [0.2, 0.25) is 0 Å². The number of nitrogens with one attached hydrogen (secondary N) is 2. The number of hydrogen-bond acceptors (Lipinski definition) is 4. The van der Waals surface area contributed by atoms with Crippen LogP contribution in [0, 0.1) is 5.41 Å². The van der Waals surface area contributed by atoms with Crippen LogP contribution >= 0.6 is 0 Å². The van der Waals surface area contributed by atoms with Crippen molar-refractivity contribution < 1.29 is 4.79 Å². The molecule has 5 heterocycles. The molecule has 1 aliphatic carbocycles. The van der Waals surface area contributed by atoms with Gasteiger partial charge in [0.1, 0.15) is 5.65 Å². The van der Waals surface area contributed by atoms with Gasteiger partial charge in [0.25, 0.3) is 0 Å². The van der Waals surface area contributed by atoms with Crippen molar-refractivity contribution >= 4 is 34.8 Å². The van der Waals surface area contributed by atoms with Crippen molar-refractivity contribution in [1.29, 1.82) is 0 Å². The number of hydrogen-bond donors (Lipinski definition) is 2. The van der Waals surface area contributed by atoms with Crippen molar-refractivity contribution in [2.24, 2.45) is 12.5 Å². The quantitative estimate of drug-likeness (QED) is 0.679. The number of pyridine rings is 1. The van der Waals surface area contributed by atoms with Gasteiger partial charge in [-0.3, -0.25) is 9.48 Å². The molecule has 2 fully saturated rings. The normalized spacial score (nSPS) is 22.5. The van der Waals surface area contributed by atoms with E-state index in [1.165, 1.54) is 21.8 Å². The van der Waals surface area contributed by atoms with Gasteiger partial charge in [-0.1, -0.05) is 12.2 Å². The van der Waals surface area contributed by atoms with Gasteiger partial charge in [-0.15, -0.1) is 0 Å². The molecule has 1 spiro atoms. The zero-order valence-corrected chi connectivity index (χ0v) is 15.8. The highest BCUT2D eigenvalue weighted by atomic mass is 16.2. The number of fused-ring (bicyclic) bond motifs is 2. The summed E-state index contributed by atoms with van der Waals surface area (Å²) in [4.78, 5) is 22.6. The standard InChI is InChI=1S/C21H22N6O/c1-26-17-3-2-13(8-14(17)9-25-26)16-10-24-19-15(4-6-22-19)18(16)27-11-21(12-27)5-7-23-20(21)28/h3-4,6,8-10,13H,2,5,7,11-12H2,1H3,(H,22,24)(H,23,28). The molecule has 3 aromatic rings. The van der Waals surface area contributed by atoms with Crippen molar-refractivity contribution in [3.8, 4) is 0 Å². The van der Waals surface area contributed by atoms with Crippen LogP contribution in [0.1, 0.15) is 24.3 Å². The lowest BCUT2D eigenvalue weighted by Gasteiger charge is -2.48. The molecule has 1 atom stereocenters. The predicted octanol–water partition coefficient (Wildman–Crippen LogP) is 0.371. The van der Waals surface area contributed by atoms with Gasteiger partial charge in [-0.25, -0.2) is 4.98 Å². The molecule has 6 rings (SSSR count). The van der Waals surface area contributed by atoms with E-state index < -0.39 is 0 Å². The molecular weight excluding hydrogens is 352 g/mol. The fraction of sp³-hybridized carbons (Fsp3) is 0.381. The molecule has 3 aliphatic rings. The van der Waals surface area contributed by atoms with Gasteiger partial charge in [-0.2, -0.15) is 5.10 Å². The number of H-pyrrole nitrogens is 1. The molecule has 3 aromatic heterocycles. The van der Waals surface area contributed by atoms with Crippen molar-refractivity contribution in [2.45, 2.75) is 18.8 Å². The SMILES string of the molecule is Cn1ncc2c1=CCC(c1cnc3[nH]ccc3c1N1CC3(CCNC3=O)C1)C=2. The zero-order chi connectivity index (χ0) is 18.9. The lowest BCUT2D eigenvalue weighted by atomic mass is 9.77. The number of carbonyl (C=O) groups is 1. The zero-order valence-electron chi connectivity index (χ0n) is 15.8. The molecule has 0 saturated carbocycles. The Morgan fingerprint density at radius 1 is 1.29 bits per heavy atom. The van der Waals surface area contributed by atoms with E-state index in [4.69, 9.17) is 0 Å². The Kier molecular flexibility index (Phi) is 3.11. The summed E-state index contributed by atoms with van der Waals surface area (Å²) < 4.78 is 1.93. The number of aryl methyl sites for hydroxylation is 1. The Bertz CT molecular complexity index is 1230. The molecule has 0 aromatic carbocycles. The summed E-state index contributed by atoms with van der Waals surface area (Å²) in [6.07, 6.45) is 12.3. The summed E-state index contributed by atoms with van der Waals surface area (Å²) in [6.45, 7) is 2.36. The maximum atomic E-state index is 12.3. The van der Waals surface area contributed by atoms with E-state index in [0.717, 1.165) is 43.5 Å². The second-order valence-electron chi connectivity index (χ2n) is 8.27. The van der Waals surface area contributed by atoms with Crippen LogP contribution in [-0.4, -0.2) is 45.3 Å². The molecule has 142 valence electrons. The summed E-state index contributed by atoms with van der Waals surface area (Å²) in [5, 5.41) is 10.9. The van der Waals surface area contributed by atoms with Gasteiger partial charge in [0.15, 0.2) is 0 Å². The van der Waals surface area contributed by atoms with Crippen molar-refractivity contribution in [2.75, 3.05) is 24.5 Å². The molecule has 1 amide bonds. The molecule has 0 radical (unpaired) electrons. The molecule has 28 heavy (non-hydrogen) atoms. The van der Waals surface area contributed by atoms with E-state index in [0.29, 0.717) is 0 Å². The first kappa shape index (κ1) is 15.9. The minimum Gasteiger partial charge on any atom is -0.368 e. The molecule has 2 saturated heterocycles. The molecule has 0 bridgehead atoms. The molecule has 7 heteroatoms. The van der Waals surface area contributed by atoms with E-state index in [1.54, 1.807) is 0 Å². The van der Waals surface area contributed by atoms with E-state index in [2.05, 4.69) is 43.5 Å². The van der Waals surface area contributed by atoms with Crippen LogP contribution in [0.15, 0.2) is 24.7 Å². The fourth-order valence-corrected chi connectivity index (χ4v) is 5.08. The van der Waals surface area contributed by atoms with Crippen LogP contribution in [-0.2, 0) is 11.8 Å². The van der Waals surface area contributed by atoms with Crippen LogP contribution in [0.4, 0.5) is 5.69 Å². The topological polar surface area (TPSA) is 78.8 Å². The summed E-state index contributed by atoms with van der Waals surface area (Å²) in [7, 11) is 1.98. The first-order valence-electron chi connectivity index (χ1n) is 9.84. The second-order valence-corrected chi connectivity index (χ2v) is 8.27. The minimum absolute atomic E-state index is 0.206. The first-order valence-corrected chi connectivity index (χ1v) is 9.84. The molecule has 2 aliphatic heterocycles. The van der Waals surface area contributed by atoms with Crippen molar-refractivity contribution in [3.63, 3.8) is 0 Å². The van der Waals surface area contributed by atoms with Crippen molar-refractivity contribution in [3.05, 3.63) is 40.8 Å². The largest absolute Gasteiger partial charge is 0.368 e. The number of aromatic amines is 1. The lowest BCUT2D eigenvalue weighted by molar-refractivity contribution is -0.128. The number of rotatable bonds is 2. The first-order chi connectivity index (χ1) is 13.6. The van der Waals surface area contributed by atoms with Crippen molar-refractivity contribution in [1.82, 2.24) is 25.1 Å². The molecule has 2 N–H and O–H groups in total. The average Bonchev–Trinajstić information content (AvgIpc) is 3.38. The number of amides is 1. The van der Waals surface area contributed by atoms with Gasteiger partial charge in [-0.05, 0) is 18.9 Å². The summed E-state index contributed by atoms with van der Waals surface area (Å²) in [6, 6.07) is 2.10. The van der Waals surface area contributed by atoms with Gasteiger partial charge >= 0.3 is 0 Å². The monoisotopic (exact) mass is 374 g/mol. The highest BCUT2D eigenvalue weighted by Crippen LogP contribution is 2.45. The van der Waals surface area contributed by atoms with Gasteiger partial charge < -0.3 is 15.2 Å². The Labute approximate surface area is 161 Å². The molecule has 7 nitrogen and oxygen atoms in total. The van der Waals surface area contributed by atoms with E-state index in [-0.39, 0.29) is 17.2 Å². The van der Waals surface area contributed by atoms with Crippen LogP contribution in [0.3, 0.4) is 0 Å². The number of carbonyl (C=O) groups excluding carboxylic acids is 1. The highest BCUT2D eigenvalue weighted by Gasteiger charge is 2.52. The van der Waals surface area contributed by atoms with Gasteiger partial charge in [0.05, 0.1) is 22.6 Å². The van der Waals surface area contributed by atoms with E-state index in [1.807, 2.05) is 30.3 Å². The Balaban J connectivity index is 1.45. The number of nitrogens with zero attached hydrogens (tertiary/aromatic N) is 4. The third-order valence-electron chi connectivity index (χ3n) is 6.62. The Hall–Kier alpha value is -3.09. The predicted molar refractivity (Wildman–Crippen MR) is 107 cm³/mol. The smallest absolute Gasteiger partial charge is 0.229 e. The molecular formula is C21H22N6O. The van der Waals surface area contributed by atoms with E-state index in [9.17, 15) is 4.79 Å². The molecule has 1 unspecified atom stereocenters. The fourth-order valence-electron chi connectivity index (χ4n) is 5.08. The van der Waals surface area contributed by atoms with Crippen LogP contribution in [0.5, 0.6) is 0 Å². The summed E-state index contributed by atoms with van der Waals surface area (Å²) >= 11 is 0. The highest BCUT2D eigenvalue weighted by molar-refractivity contribution is 5.95.